The van der Waals surface area contributed by atoms with Crippen molar-refractivity contribution in [3.8, 4) is 0 Å². The van der Waals surface area contributed by atoms with E-state index in [4.69, 9.17) is 5.73 Å². The second kappa shape index (κ2) is 6.06. The normalized spacial score (nSPS) is 20.6. The molecule has 0 saturated carbocycles. The maximum atomic E-state index is 14.0. The zero-order valence-electron chi connectivity index (χ0n) is 11.8. The van der Waals surface area contributed by atoms with Gasteiger partial charge in [0.1, 0.15) is 5.82 Å². The third-order valence-electron chi connectivity index (χ3n) is 2.99. The van der Waals surface area contributed by atoms with Gasteiger partial charge in [-0.25, -0.2) is 9.38 Å². The van der Waals surface area contributed by atoms with Crippen molar-refractivity contribution < 1.29 is 35.5 Å². The minimum atomic E-state index is -5.39. The number of hydrogen-bond acceptors (Lipinski definition) is 5. The van der Waals surface area contributed by atoms with Gasteiger partial charge in [-0.05, 0) is 23.8 Å². The molecule has 0 fully saturated rings. The summed E-state index contributed by atoms with van der Waals surface area (Å²) < 4.78 is 90.7. The quantitative estimate of drug-likeness (QED) is 0.782. The number of azo groups is 1. The predicted octanol–water partition coefficient (Wildman–Crippen LogP) is 2.30. The van der Waals surface area contributed by atoms with Gasteiger partial charge in [0, 0.05) is 12.1 Å². The molecular formula is C12H7F7N5O. The van der Waals surface area contributed by atoms with Crippen LogP contribution in [0, 0.1) is 11.9 Å². The molecule has 25 heavy (non-hydrogen) atoms. The number of alkyl halides is 6. The lowest BCUT2D eigenvalue weighted by atomic mass is 9.98. The summed E-state index contributed by atoms with van der Waals surface area (Å²) in [5.74, 6) is -5.38. The summed E-state index contributed by atoms with van der Waals surface area (Å²) in [5, 5.41) is 6.58. The molecule has 1 radical (unpaired) electrons. The Hall–Kier alpha value is -2.57. The topological polar surface area (TPSA) is 92.2 Å². The van der Waals surface area contributed by atoms with E-state index < -0.39 is 41.3 Å². The van der Waals surface area contributed by atoms with Crippen LogP contribution in [0.2, 0.25) is 0 Å². The van der Waals surface area contributed by atoms with E-state index in [1.165, 1.54) is 0 Å². The first kappa shape index (κ1) is 18.8. The van der Waals surface area contributed by atoms with Crippen LogP contribution in [0.3, 0.4) is 0 Å². The predicted molar refractivity (Wildman–Crippen MR) is 67.3 cm³/mol. The largest absolute Gasteiger partial charge is 0.471 e. The summed E-state index contributed by atoms with van der Waals surface area (Å²) in [7, 11) is 0. The number of nitrogens with one attached hydrogen (secondary N) is 1. The van der Waals surface area contributed by atoms with Gasteiger partial charge in [-0.15, -0.1) is 10.2 Å². The van der Waals surface area contributed by atoms with Crippen molar-refractivity contribution in [2.45, 2.75) is 24.6 Å². The molecule has 6 nitrogen and oxygen atoms in total. The number of aliphatic imine (C=N–C) groups is 1. The number of halogens is 7. The Kier molecular flexibility index (Phi) is 4.55. The monoisotopic (exact) mass is 370 g/mol. The molecule has 0 saturated heterocycles. The van der Waals surface area contributed by atoms with E-state index in [1.54, 1.807) is 0 Å². The fraction of sp³-hybridized carbons (Fsp3) is 0.333. The highest BCUT2D eigenvalue weighted by molar-refractivity contribution is 6.00. The first-order chi connectivity index (χ1) is 11.4. The average molecular weight is 370 g/mol. The number of amides is 1. The Morgan fingerprint density at radius 2 is 1.92 bits per heavy atom. The van der Waals surface area contributed by atoms with Gasteiger partial charge in [0.05, 0.1) is 0 Å². The molecule has 1 heterocycles. The smallest absolute Gasteiger partial charge is 0.326 e. The van der Waals surface area contributed by atoms with E-state index in [0.717, 1.165) is 5.32 Å². The van der Waals surface area contributed by atoms with E-state index >= 15 is 0 Å². The number of guanidine groups is 1. The molecule has 3 N–H and O–H groups in total. The minimum Gasteiger partial charge on any atom is -0.326 e. The molecule has 1 aliphatic rings. The Morgan fingerprint density at radius 3 is 2.40 bits per heavy atom. The maximum Gasteiger partial charge on any atom is 0.471 e. The van der Waals surface area contributed by atoms with Crippen LogP contribution >= 0.6 is 0 Å². The van der Waals surface area contributed by atoms with Crippen molar-refractivity contribution in [3.05, 3.63) is 35.1 Å². The fourth-order valence-corrected chi connectivity index (χ4v) is 1.82. The van der Waals surface area contributed by atoms with E-state index in [1.807, 2.05) is 0 Å². The van der Waals surface area contributed by atoms with Crippen molar-refractivity contribution >= 4 is 11.9 Å². The summed E-state index contributed by atoms with van der Waals surface area (Å²) in [6.07, 6.45) is -10.7. The standard InChI is InChI=1S/C12H7F7N5O/c13-7-3-5(4-20)1-2-6(7)10(12(17,18)19)22-9(23-24-10)21-8(25)11(14,15)16/h2-3H,4,20H2,(H,21,22,25). The number of carbonyl (C=O) groups excluding carboxylic acids is 1. The molecule has 13 heteroatoms. The second-order valence-electron chi connectivity index (χ2n) is 4.68. The van der Waals surface area contributed by atoms with E-state index in [9.17, 15) is 35.5 Å². The van der Waals surface area contributed by atoms with Crippen molar-refractivity contribution in [2.75, 3.05) is 0 Å². The molecule has 1 aliphatic heterocycles. The molecule has 0 spiro atoms. The van der Waals surface area contributed by atoms with Crippen LogP contribution in [0.5, 0.6) is 0 Å². The Balaban J connectivity index is 2.49. The van der Waals surface area contributed by atoms with Gasteiger partial charge in [0.15, 0.2) is 0 Å². The first-order valence-corrected chi connectivity index (χ1v) is 6.29. The third kappa shape index (κ3) is 3.45. The Bertz CT molecular complexity index is 755. The lowest BCUT2D eigenvalue weighted by Crippen LogP contribution is -2.42. The summed E-state index contributed by atoms with van der Waals surface area (Å²) in [6, 6.07) is 3.50. The lowest BCUT2D eigenvalue weighted by Gasteiger charge is -2.25. The van der Waals surface area contributed by atoms with Gasteiger partial charge in [-0.2, -0.15) is 26.3 Å². The minimum absolute atomic E-state index is 0.0445. The molecule has 0 bridgehead atoms. The van der Waals surface area contributed by atoms with Gasteiger partial charge < -0.3 is 5.73 Å². The lowest BCUT2D eigenvalue weighted by molar-refractivity contribution is -0.187. The van der Waals surface area contributed by atoms with E-state index in [2.05, 4.69) is 21.3 Å². The molecule has 1 atom stereocenters. The van der Waals surface area contributed by atoms with Crippen LogP contribution in [0.15, 0.2) is 27.4 Å². The van der Waals surface area contributed by atoms with Gasteiger partial charge in [-0.3, -0.25) is 10.1 Å². The Morgan fingerprint density at radius 1 is 1.28 bits per heavy atom. The summed E-state index contributed by atoms with van der Waals surface area (Å²) in [4.78, 5) is 13.6. The van der Waals surface area contributed by atoms with Crippen LogP contribution < -0.4 is 11.1 Å². The zero-order valence-corrected chi connectivity index (χ0v) is 11.8. The first-order valence-electron chi connectivity index (χ1n) is 6.29. The molecule has 1 aromatic carbocycles. The summed E-state index contributed by atoms with van der Waals surface area (Å²) in [5.41, 5.74) is 0.460. The van der Waals surface area contributed by atoms with Gasteiger partial charge in [0.2, 0.25) is 5.96 Å². The van der Waals surface area contributed by atoms with Gasteiger partial charge in [0.25, 0.3) is 5.66 Å². The molecule has 1 amide bonds. The van der Waals surface area contributed by atoms with Crippen LogP contribution in [0.25, 0.3) is 0 Å². The molecule has 1 unspecified atom stereocenters. The summed E-state index contributed by atoms with van der Waals surface area (Å²) >= 11 is 0. The fourth-order valence-electron chi connectivity index (χ4n) is 1.82. The number of carbonyl (C=O) groups is 1. The van der Waals surface area contributed by atoms with Crippen molar-refractivity contribution in [1.29, 1.82) is 0 Å². The number of benzene rings is 1. The molecular weight excluding hydrogens is 363 g/mol. The van der Waals surface area contributed by atoms with Gasteiger partial charge >= 0.3 is 18.3 Å². The highest BCUT2D eigenvalue weighted by Crippen LogP contribution is 2.47. The number of nitrogens with two attached hydrogens (primary N) is 1. The Labute approximate surface area is 134 Å². The van der Waals surface area contributed by atoms with Gasteiger partial charge in [-0.1, -0.05) is 0 Å². The number of hydrogen-bond donors (Lipinski definition) is 2. The third-order valence-corrected chi connectivity index (χ3v) is 2.99. The zero-order chi connectivity index (χ0) is 19.0. The highest BCUT2D eigenvalue weighted by Gasteiger charge is 2.61. The number of nitrogens with zero attached hydrogens (tertiary/aromatic N) is 3. The molecule has 0 aromatic heterocycles. The molecule has 2 rings (SSSR count). The highest BCUT2D eigenvalue weighted by atomic mass is 19.4. The summed E-state index contributed by atoms with van der Waals surface area (Å²) in [6.45, 7) is -0.214. The van der Waals surface area contributed by atoms with Crippen molar-refractivity contribution in [2.24, 2.45) is 21.0 Å². The number of rotatable bonds is 2. The van der Waals surface area contributed by atoms with Crippen LogP contribution in [-0.4, -0.2) is 24.2 Å². The van der Waals surface area contributed by atoms with Crippen molar-refractivity contribution in [3.63, 3.8) is 0 Å². The maximum absolute atomic E-state index is 14.0. The van der Waals surface area contributed by atoms with E-state index in [-0.39, 0.29) is 12.1 Å². The second-order valence-corrected chi connectivity index (χ2v) is 4.68. The van der Waals surface area contributed by atoms with E-state index in [0.29, 0.717) is 12.1 Å². The van der Waals surface area contributed by atoms with Crippen LogP contribution in [-0.2, 0) is 17.0 Å². The molecule has 0 aliphatic carbocycles. The van der Waals surface area contributed by atoms with Crippen molar-refractivity contribution in [1.82, 2.24) is 5.32 Å². The van der Waals surface area contributed by atoms with Crippen LogP contribution in [0.4, 0.5) is 30.7 Å². The van der Waals surface area contributed by atoms with Crippen LogP contribution in [0.1, 0.15) is 11.1 Å². The molecule has 1 aromatic rings. The molecule has 135 valence electrons. The average Bonchev–Trinajstić information content (AvgIpc) is 2.90. The SMILES string of the molecule is NCc1[c]cc(C2(C(F)(F)F)N=NC(NC(=O)C(F)(F)F)=N2)c(F)c1.